The van der Waals surface area contributed by atoms with Crippen molar-refractivity contribution < 1.29 is 18.6 Å². The second kappa shape index (κ2) is 7.16. The van der Waals surface area contributed by atoms with Crippen molar-refractivity contribution in [2.24, 2.45) is 5.41 Å². The molecule has 138 valence electrons. The van der Waals surface area contributed by atoms with Crippen LogP contribution < -0.4 is 0 Å². The highest BCUT2D eigenvalue weighted by molar-refractivity contribution is 7.90. The van der Waals surface area contributed by atoms with Crippen molar-refractivity contribution >= 4 is 32.6 Å². The van der Waals surface area contributed by atoms with Gasteiger partial charge in [-0.25, -0.2) is 8.42 Å². The van der Waals surface area contributed by atoms with Crippen molar-refractivity contribution in [1.29, 1.82) is 0 Å². The summed E-state index contributed by atoms with van der Waals surface area (Å²) in [7, 11) is -3.26. The van der Waals surface area contributed by atoms with Crippen molar-refractivity contribution in [3.8, 4) is 0 Å². The maximum absolute atomic E-state index is 11.7. The van der Waals surface area contributed by atoms with E-state index >= 15 is 0 Å². The molecule has 0 fully saturated rings. The molecule has 0 aromatic heterocycles. The summed E-state index contributed by atoms with van der Waals surface area (Å²) in [4.78, 5) is 0.267. The molecule has 0 spiro atoms. The summed E-state index contributed by atoms with van der Waals surface area (Å²) >= 11 is 5.99. The lowest BCUT2D eigenvalue weighted by Crippen LogP contribution is -2.27. The van der Waals surface area contributed by atoms with E-state index in [9.17, 15) is 18.6 Å². The third-order valence-electron chi connectivity index (χ3n) is 4.96. The highest BCUT2D eigenvalue weighted by atomic mass is 35.5. The van der Waals surface area contributed by atoms with Crippen LogP contribution in [0.15, 0.2) is 53.4 Å². The quantitative estimate of drug-likeness (QED) is 0.817. The molecule has 0 amide bonds. The summed E-state index contributed by atoms with van der Waals surface area (Å²) in [6.07, 6.45) is 2.25. The van der Waals surface area contributed by atoms with E-state index in [1.165, 1.54) is 6.26 Å². The highest BCUT2D eigenvalue weighted by Crippen LogP contribution is 2.49. The summed E-state index contributed by atoms with van der Waals surface area (Å²) in [5.41, 5.74) is 3.32. The Morgan fingerprint density at radius 1 is 0.885 bits per heavy atom. The van der Waals surface area contributed by atoms with E-state index in [0.29, 0.717) is 17.9 Å². The smallest absolute Gasteiger partial charge is 0.175 e. The molecule has 1 aliphatic rings. The van der Waals surface area contributed by atoms with Crippen LogP contribution in [0.25, 0.3) is 11.1 Å². The summed E-state index contributed by atoms with van der Waals surface area (Å²) in [5.74, 6) is 0. The Morgan fingerprint density at radius 2 is 1.31 bits per heavy atom. The molecule has 0 radical (unpaired) electrons. The van der Waals surface area contributed by atoms with Crippen molar-refractivity contribution in [2.75, 3.05) is 19.5 Å². The Hall–Kier alpha value is -1.66. The second-order valence-corrected chi connectivity index (χ2v) is 9.38. The van der Waals surface area contributed by atoms with E-state index in [4.69, 9.17) is 11.6 Å². The summed E-state index contributed by atoms with van der Waals surface area (Å²) < 4.78 is 23.4. The summed E-state index contributed by atoms with van der Waals surface area (Å²) in [6.45, 7) is -0.239. The van der Waals surface area contributed by atoms with E-state index in [1.54, 1.807) is 24.3 Å². The van der Waals surface area contributed by atoms with Gasteiger partial charge in [-0.3, -0.25) is 0 Å². The molecular weight excluding hydrogens is 372 g/mol. The minimum absolute atomic E-state index is 0.120. The molecule has 3 rings (SSSR count). The third kappa shape index (κ3) is 3.71. The van der Waals surface area contributed by atoms with Crippen LogP contribution in [-0.4, -0.2) is 38.1 Å². The molecule has 2 N–H and O–H groups in total. The molecule has 1 aliphatic carbocycles. The lowest BCUT2D eigenvalue weighted by Gasteiger charge is -2.24. The lowest BCUT2D eigenvalue weighted by molar-refractivity contribution is 0.0677. The number of hydrogen-bond donors (Lipinski definition) is 2. The fourth-order valence-corrected chi connectivity index (χ4v) is 4.16. The number of aliphatic hydroxyl groups excluding tert-OH is 2. The number of benzene rings is 2. The van der Waals surface area contributed by atoms with Gasteiger partial charge in [-0.15, -0.1) is 0 Å². The standard InChI is InChI=1S/C20H21ClO4S/c1-26(24,25)17-8-4-15(5-9-17)19-11-20(12-22,13-23)10-18(19)14-2-6-16(21)7-3-14/h2-9,22-23H,10-13H2,1H3. The Balaban J connectivity index is 2.09. The predicted molar refractivity (Wildman–Crippen MR) is 104 cm³/mol. The molecule has 0 atom stereocenters. The zero-order chi connectivity index (χ0) is 18.9. The van der Waals surface area contributed by atoms with Crippen LogP contribution >= 0.6 is 11.6 Å². The molecule has 6 heteroatoms. The number of sulfone groups is 1. The first-order valence-corrected chi connectivity index (χ1v) is 10.6. The Labute approximate surface area is 158 Å². The van der Waals surface area contributed by atoms with Gasteiger partial charge in [0.15, 0.2) is 9.84 Å². The van der Waals surface area contributed by atoms with Crippen molar-refractivity contribution in [2.45, 2.75) is 17.7 Å². The second-order valence-electron chi connectivity index (χ2n) is 6.93. The van der Waals surface area contributed by atoms with Crippen LogP contribution in [0.5, 0.6) is 0 Å². The minimum Gasteiger partial charge on any atom is -0.396 e. The molecule has 0 saturated heterocycles. The number of halogens is 1. The van der Waals surface area contributed by atoms with Gasteiger partial charge in [0.1, 0.15) is 0 Å². The van der Waals surface area contributed by atoms with Gasteiger partial charge in [-0.1, -0.05) is 35.9 Å². The van der Waals surface area contributed by atoms with Gasteiger partial charge in [-0.2, -0.15) is 0 Å². The largest absolute Gasteiger partial charge is 0.396 e. The van der Waals surface area contributed by atoms with Crippen molar-refractivity contribution in [1.82, 2.24) is 0 Å². The molecule has 0 unspecified atom stereocenters. The van der Waals surface area contributed by atoms with Crippen LogP contribution in [0.3, 0.4) is 0 Å². The first-order chi connectivity index (χ1) is 12.3. The zero-order valence-corrected chi connectivity index (χ0v) is 16.0. The fourth-order valence-electron chi connectivity index (χ4n) is 3.41. The molecule has 0 heterocycles. The first-order valence-electron chi connectivity index (χ1n) is 8.28. The number of aliphatic hydroxyl groups is 2. The normalized spacial score (nSPS) is 16.9. The van der Waals surface area contributed by atoms with E-state index in [0.717, 1.165) is 22.3 Å². The first kappa shape index (κ1) is 19.1. The molecule has 2 aromatic rings. The highest BCUT2D eigenvalue weighted by Gasteiger charge is 2.38. The minimum atomic E-state index is -3.26. The number of allylic oxidation sites excluding steroid dienone is 2. The molecule has 0 bridgehead atoms. The fraction of sp³-hybridized carbons (Fsp3) is 0.300. The molecule has 0 saturated carbocycles. The van der Waals surface area contributed by atoms with Gasteiger partial charge in [0, 0.05) is 16.7 Å². The van der Waals surface area contributed by atoms with E-state index < -0.39 is 15.3 Å². The summed E-state index contributed by atoms with van der Waals surface area (Å²) in [6, 6.07) is 14.2. The number of rotatable bonds is 5. The van der Waals surface area contributed by atoms with E-state index in [-0.39, 0.29) is 18.1 Å². The average Bonchev–Trinajstić information content (AvgIpc) is 3.02. The van der Waals surface area contributed by atoms with E-state index in [2.05, 4.69) is 0 Å². The maximum atomic E-state index is 11.7. The monoisotopic (exact) mass is 392 g/mol. The van der Waals surface area contributed by atoms with Crippen LogP contribution in [0.1, 0.15) is 24.0 Å². The topological polar surface area (TPSA) is 74.6 Å². The Bertz CT molecular complexity index is 925. The molecule has 26 heavy (non-hydrogen) atoms. The predicted octanol–water partition coefficient (Wildman–Crippen LogP) is 3.42. The van der Waals surface area contributed by atoms with Crippen LogP contribution in [-0.2, 0) is 9.84 Å². The molecule has 2 aromatic carbocycles. The van der Waals surface area contributed by atoms with Crippen molar-refractivity contribution in [3.05, 3.63) is 64.7 Å². The third-order valence-corrected chi connectivity index (χ3v) is 6.34. The molecule has 0 aliphatic heterocycles. The van der Waals surface area contributed by atoms with Gasteiger partial charge in [-0.05, 0) is 59.4 Å². The average molecular weight is 393 g/mol. The lowest BCUT2D eigenvalue weighted by atomic mass is 9.84. The Kier molecular flexibility index (Phi) is 5.26. The van der Waals surface area contributed by atoms with Gasteiger partial charge in [0.25, 0.3) is 0 Å². The van der Waals surface area contributed by atoms with E-state index in [1.807, 2.05) is 24.3 Å². The van der Waals surface area contributed by atoms with Gasteiger partial charge < -0.3 is 10.2 Å². The SMILES string of the molecule is CS(=O)(=O)c1ccc(C2=C(c3ccc(Cl)cc3)CC(CO)(CO)C2)cc1. The van der Waals surface area contributed by atoms with Gasteiger partial charge in [0.05, 0.1) is 18.1 Å². The van der Waals surface area contributed by atoms with Gasteiger partial charge >= 0.3 is 0 Å². The molecular formula is C20H21ClO4S. The van der Waals surface area contributed by atoms with Gasteiger partial charge in [0.2, 0.25) is 0 Å². The number of hydrogen-bond acceptors (Lipinski definition) is 4. The zero-order valence-electron chi connectivity index (χ0n) is 14.4. The van der Waals surface area contributed by atoms with Crippen LogP contribution in [0, 0.1) is 5.41 Å². The van der Waals surface area contributed by atoms with Crippen molar-refractivity contribution in [3.63, 3.8) is 0 Å². The Morgan fingerprint density at radius 3 is 1.69 bits per heavy atom. The maximum Gasteiger partial charge on any atom is 0.175 e. The summed E-state index contributed by atoms with van der Waals surface area (Å²) in [5, 5.41) is 20.3. The molecule has 4 nitrogen and oxygen atoms in total. The van der Waals surface area contributed by atoms with Crippen LogP contribution in [0.2, 0.25) is 5.02 Å². The van der Waals surface area contributed by atoms with Crippen LogP contribution in [0.4, 0.5) is 0 Å².